The van der Waals surface area contributed by atoms with E-state index in [2.05, 4.69) is 10.6 Å². The summed E-state index contributed by atoms with van der Waals surface area (Å²) in [4.78, 5) is 11.8. The second-order valence-electron chi connectivity index (χ2n) is 6.74. The Morgan fingerprint density at radius 2 is 1.81 bits per heavy atom. The van der Waals surface area contributed by atoms with Gasteiger partial charge in [-0.1, -0.05) is 18.2 Å². The summed E-state index contributed by atoms with van der Waals surface area (Å²) in [6, 6.07) is 7.17. The van der Waals surface area contributed by atoms with Crippen molar-refractivity contribution in [2.75, 3.05) is 6.54 Å². The van der Waals surface area contributed by atoms with Crippen LogP contribution < -0.4 is 10.6 Å². The maximum Gasteiger partial charge on any atom is 0.408 e. The highest BCUT2D eigenvalue weighted by Crippen LogP contribution is 2.15. The lowest BCUT2D eigenvalue weighted by Gasteiger charge is -2.29. The van der Waals surface area contributed by atoms with Gasteiger partial charge in [-0.25, -0.2) is 4.79 Å². The van der Waals surface area contributed by atoms with Gasteiger partial charge in [-0.3, -0.25) is 0 Å². The molecule has 0 bridgehead atoms. The molecule has 0 saturated heterocycles. The van der Waals surface area contributed by atoms with E-state index in [9.17, 15) is 9.90 Å². The molecule has 1 amide bonds. The van der Waals surface area contributed by atoms with Gasteiger partial charge < -0.3 is 20.5 Å². The Hall–Kier alpha value is -1.75. The zero-order valence-electron chi connectivity index (χ0n) is 13.5. The number of carbonyl (C=O) groups is 1. The molecular weight excluding hydrogens is 268 g/mol. The van der Waals surface area contributed by atoms with E-state index in [1.807, 2.05) is 46.8 Å². The number of nitrogens with one attached hydrogen (secondary N) is 2. The molecule has 0 heterocycles. The van der Waals surface area contributed by atoms with Crippen molar-refractivity contribution < 1.29 is 14.6 Å². The van der Waals surface area contributed by atoms with Crippen LogP contribution >= 0.6 is 0 Å². The van der Waals surface area contributed by atoms with Crippen molar-refractivity contribution in [2.45, 2.75) is 52.3 Å². The number of para-hydroxylation sites is 1. The predicted octanol–water partition coefficient (Wildman–Crippen LogP) is 2.79. The van der Waals surface area contributed by atoms with Crippen LogP contribution in [0.25, 0.3) is 0 Å². The monoisotopic (exact) mass is 294 g/mol. The third-order valence-corrected chi connectivity index (χ3v) is 2.71. The normalized spacial score (nSPS) is 12.0. The fraction of sp³-hybridized carbons (Fsp3) is 0.562. The minimum atomic E-state index is -0.510. The molecule has 21 heavy (non-hydrogen) atoms. The topological polar surface area (TPSA) is 70.6 Å². The first-order chi connectivity index (χ1) is 9.59. The van der Waals surface area contributed by atoms with Gasteiger partial charge in [-0.05, 0) is 40.7 Å². The molecule has 0 aliphatic carbocycles. The summed E-state index contributed by atoms with van der Waals surface area (Å²) in [5, 5.41) is 15.7. The molecule has 3 N–H and O–H groups in total. The quantitative estimate of drug-likeness (QED) is 0.781. The van der Waals surface area contributed by atoms with Crippen molar-refractivity contribution in [1.82, 2.24) is 10.6 Å². The first-order valence-electron chi connectivity index (χ1n) is 7.08. The lowest BCUT2D eigenvalue weighted by Crippen LogP contribution is -2.51. The molecule has 0 spiro atoms. The number of aromatic hydroxyl groups is 1. The molecule has 0 unspecified atom stereocenters. The molecule has 0 aromatic heterocycles. The minimum absolute atomic E-state index is 0.267. The van der Waals surface area contributed by atoms with Crippen LogP contribution in [0.2, 0.25) is 0 Å². The van der Waals surface area contributed by atoms with Gasteiger partial charge in [-0.15, -0.1) is 0 Å². The van der Waals surface area contributed by atoms with E-state index in [1.54, 1.807) is 12.1 Å². The number of benzene rings is 1. The fourth-order valence-electron chi connectivity index (χ4n) is 1.79. The van der Waals surface area contributed by atoms with Crippen LogP contribution in [0.5, 0.6) is 5.75 Å². The highest BCUT2D eigenvalue weighted by Gasteiger charge is 2.24. The molecule has 1 rings (SSSR count). The highest BCUT2D eigenvalue weighted by molar-refractivity contribution is 5.68. The number of amides is 1. The number of phenols is 1. The molecule has 0 radical (unpaired) electrons. The van der Waals surface area contributed by atoms with Crippen LogP contribution in [0, 0.1) is 0 Å². The van der Waals surface area contributed by atoms with Crippen LogP contribution in [-0.2, 0) is 11.3 Å². The number of ether oxygens (including phenoxy) is 1. The average Bonchev–Trinajstić information content (AvgIpc) is 2.27. The standard InChI is InChI=1S/C16H26N2O3/c1-15(2,3)21-14(20)18-16(4,5)11-17-10-12-8-6-7-9-13(12)19/h6-9,17,19H,10-11H2,1-5H3,(H,18,20). The van der Waals surface area contributed by atoms with Crippen LogP contribution in [0.15, 0.2) is 24.3 Å². The van der Waals surface area contributed by atoms with Gasteiger partial charge in [-0.2, -0.15) is 0 Å². The van der Waals surface area contributed by atoms with Gasteiger partial charge in [0.05, 0.1) is 5.54 Å². The largest absolute Gasteiger partial charge is 0.508 e. The molecule has 5 nitrogen and oxygen atoms in total. The van der Waals surface area contributed by atoms with E-state index in [1.165, 1.54) is 0 Å². The number of hydrogen-bond acceptors (Lipinski definition) is 4. The molecule has 0 aliphatic rings. The Balaban J connectivity index is 2.43. The highest BCUT2D eigenvalue weighted by atomic mass is 16.6. The van der Waals surface area contributed by atoms with Crippen molar-refractivity contribution >= 4 is 6.09 Å². The molecule has 0 fully saturated rings. The van der Waals surface area contributed by atoms with E-state index in [4.69, 9.17) is 4.74 Å². The Morgan fingerprint density at radius 1 is 1.19 bits per heavy atom. The van der Waals surface area contributed by atoms with Crippen LogP contribution in [0.4, 0.5) is 4.79 Å². The van der Waals surface area contributed by atoms with Crippen LogP contribution in [0.3, 0.4) is 0 Å². The summed E-state index contributed by atoms with van der Waals surface area (Å²) in [5.41, 5.74) is -0.138. The van der Waals surface area contributed by atoms with Crippen molar-refractivity contribution in [1.29, 1.82) is 0 Å². The van der Waals surface area contributed by atoms with E-state index in [0.717, 1.165) is 5.56 Å². The molecule has 0 atom stereocenters. The van der Waals surface area contributed by atoms with E-state index < -0.39 is 17.2 Å². The van der Waals surface area contributed by atoms with Crippen LogP contribution in [-0.4, -0.2) is 28.9 Å². The number of alkyl carbamates (subject to hydrolysis) is 1. The molecule has 1 aromatic rings. The summed E-state index contributed by atoms with van der Waals surface area (Å²) < 4.78 is 5.24. The summed E-state index contributed by atoms with van der Waals surface area (Å²) >= 11 is 0. The Morgan fingerprint density at radius 3 is 2.38 bits per heavy atom. The molecule has 0 saturated carbocycles. The Bertz CT molecular complexity index is 479. The first kappa shape index (κ1) is 17.3. The Labute approximate surface area is 126 Å². The zero-order valence-corrected chi connectivity index (χ0v) is 13.5. The van der Waals surface area contributed by atoms with E-state index in [0.29, 0.717) is 13.1 Å². The fourth-order valence-corrected chi connectivity index (χ4v) is 1.79. The first-order valence-corrected chi connectivity index (χ1v) is 7.08. The molecule has 5 heteroatoms. The third-order valence-electron chi connectivity index (χ3n) is 2.71. The average molecular weight is 294 g/mol. The molecule has 118 valence electrons. The van der Waals surface area contributed by atoms with Crippen LogP contribution in [0.1, 0.15) is 40.2 Å². The lowest BCUT2D eigenvalue weighted by molar-refractivity contribution is 0.0472. The number of rotatable bonds is 5. The maximum atomic E-state index is 11.8. The predicted molar refractivity (Wildman–Crippen MR) is 83.3 cm³/mol. The van der Waals surface area contributed by atoms with E-state index in [-0.39, 0.29) is 5.75 Å². The maximum absolute atomic E-state index is 11.8. The number of phenolic OH excluding ortho intramolecular Hbond substituents is 1. The minimum Gasteiger partial charge on any atom is -0.508 e. The van der Waals surface area contributed by atoms with Gasteiger partial charge in [0.25, 0.3) is 0 Å². The lowest BCUT2D eigenvalue weighted by atomic mass is 10.1. The molecular formula is C16H26N2O3. The van der Waals surface area contributed by atoms with Crippen molar-refractivity contribution in [3.05, 3.63) is 29.8 Å². The number of hydrogen-bond donors (Lipinski definition) is 3. The summed E-state index contributed by atoms with van der Waals surface area (Å²) in [5.74, 6) is 0.267. The van der Waals surface area contributed by atoms with Gasteiger partial charge in [0.2, 0.25) is 0 Å². The number of carbonyl (C=O) groups excluding carboxylic acids is 1. The zero-order chi connectivity index (χ0) is 16.1. The SMILES string of the molecule is CC(C)(CNCc1ccccc1O)NC(=O)OC(C)(C)C. The van der Waals surface area contributed by atoms with Gasteiger partial charge >= 0.3 is 6.09 Å². The van der Waals surface area contributed by atoms with Crippen molar-refractivity contribution in [3.8, 4) is 5.75 Å². The Kier molecular flexibility index (Phi) is 5.61. The van der Waals surface area contributed by atoms with E-state index >= 15 is 0 Å². The summed E-state index contributed by atoms with van der Waals surface area (Å²) in [6.07, 6.45) is -0.433. The van der Waals surface area contributed by atoms with Gasteiger partial charge in [0.1, 0.15) is 11.4 Å². The third kappa shape index (κ3) is 6.99. The van der Waals surface area contributed by atoms with Gasteiger partial charge in [0.15, 0.2) is 0 Å². The molecule has 1 aromatic carbocycles. The molecule has 0 aliphatic heterocycles. The second kappa shape index (κ2) is 6.80. The van der Waals surface area contributed by atoms with Crippen molar-refractivity contribution in [2.24, 2.45) is 0 Å². The summed E-state index contributed by atoms with van der Waals surface area (Å²) in [7, 11) is 0. The smallest absolute Gasteiger partial charge is 0.408 e. The second-order valence-corrected chi connectivity index (χ2v) is 6.74. The van der Waals surface area contributed by atoms with Gasteiger partial charge in [0, 0.05) is 18.7 Å². The van der Waals surface area contributed by atoms with Crippen molar-refractivity contribution in [3.63, 3.8) is 0 Å². The summed E-state index contributed by atoms with van der Waals surface area (Å²) in [6.45, 7) is 10.4.